The summed E-state index contributed by atoms with van der Waals surface area (Å²) in [6.07, 6.45) is 0. The fourth-order valence-corrected chi connectivity index (χ4v) is 1.71. The van der Waals surface area contributed by atoms with Crippen molar-refractivity contribution in [3.63, 3.8) is 0 Å². The minimum atomic E-state index is -2.27. The van der Waals surface area contributed by atoms with Crippen molar-refractivity contribution in [2.45, 2.75) is 0 Å². The third kappa shape index (κ3) is 2.54. The molecule has 5 nitrogen and oxygen atoms in total. The molecule has 80 valence electrons. The van der Waals surface area contributed by atoms with Gasteiger partial charge in [0, 0.05) is 29.1 Å². The summed E-state index contributed by atoms with van der Waals surface area (Å²) in [5.74, 6) is 0.866. The van der Waals surface area contributed by atoms with Gasteiger partial charge in [0.1, 0.15) is 5.84 Å². The van der Waals surface area contributed by atoms with Crippen LogP contribution in [0.2, 0.25) is 0 Å². The summed E-state index contributed by atoms with van der Waals surface area (Å²) in [7, 11) is 0. The molecule has 1 aliphatic heterocycles. The molecule has 1 aliphatic rings. The smallest absolute Gasteiger partial charge is 0.128 e. The van der Waals surface area contributed by atoms with Gasteiger partial charge in [0.2, 0.25) is 0 Å². The highest BCUT2D eigenvalue weighted by Gasteiger charge is 2.06. The normalized spacial score (nSPS) is 16.7. The van der Waals surface area contributed by atoms with Gasteiger partial charge in [-0.2, -0.15) is 0 Å². The summed E-state index contributed by atoms with van der Waals surface area (Å²) in [5, 5.41) is 3.14. The molecule has 1 aromatic carbocycles. The molecule has 0 saturated carbocycles. The van der Waals surface area contributed by atoms with Crippen LogP contribution in [-0.2, 0) is 11.3 Å². The second-order valence-electron chi connectivity index (χ2n) is 3.07. The summed E-state index contributed by atoms with van der Waals surface area (Å²) in [4.78, 5) is 4.26. The molecule has 0 spiro atoms. The Kier molecular flexibility index (Phi) is 2.98. The van der Waals surface area contributed by atoms with Crippen molar-refractivity contribution in [3.8, 4) is 0 Å². The molecule has 2 N–H and O–H groups in total. The van der Waals surface area contributed by atoms with E-state index in [1.54, 1.807) is 12.1 Å². The third-order valence-electron chi connectivity index (χ3n) is 2.03. The molecule has 0 amide bonds. The van der Waals surface area contributed by atoms with E-state index in [-0.39, 0.29) is 0 Å². The fraction of sp³-hybridized carbons (Fsp3) is 0.222. The molecule has 6 heteroatoms. The largest absolute Gasteiger partial charge is 0.755 e. The maximum Gasteiger partial charge on any atom is 0.128 e. The molecule has 15 heavy (non-hydrogen) atoms. The van der Waals surface area contributed by atoms with Crippen LogP contribution in [0.3, 0.4) is 0 Å². The molecular weight excluding hydrogens is 214 g/mol. The monoisotopic (exact) mass is 224 g/mol. The lowest BCUT2D eigenvalue weighted by molar-refractivity contribution is 0.542. The highest BCUT2D eigenvalue weighted by atomic mass is 32.2. The number of amidine groups is 1. The van der Waals surface area contributed by atoms with Crippen LogP contribution < -0.4 is 10.0 Å². The molecule has 1 atom stereocenters. The van der Waals surface area contributed by atoms with Gasteiger partial charge in [0.15, 0.2) is 0 Å². The minimum Gasteiger partial charge on any atom is -0.755 e. The first-order chi connectivity index (χ1) is 7.25. The highest BCUT2D eigenvalue weighted by Crippen LogP contribution is 2.11. The van der Waals surface area contributed by atoms with E-state index in [2.05, 4.69) is 15.0 Å². The van der Waals surface area contributed by atoms with Gasteiger partial charge in [0.05, 0.1) is 6.54 Å². The van der Waals surface area contributed by atoms with Crippen molar-refractivity contribution in [1.82, 2.24) is 5.32 Å². The Morgan fingerprint density at radius 1 is 1.40 bits per heavy atom. The van der Waals surface area contributed by atoms with Crippen molar-refractivity contribution < 1.29 is 8.76 Å². The Hall–Kier alpha value is -1.40. The number of rotatable bonds is 3. The van der Waals surface area contributed by atoms with Gasteiger partial charge in [0.25, 0.3) is 0 Å². The van der Waals surface area contributed by atoms with Crippen LogP contribution in [0.25, 0.3) is 0 Å². The second kappa shape index (κ2) is 4.41. The SMILES string of the molecule is O=S([O-])Nc1ccc(C2=NCCN2)cc1. The lowest BCUT2D eigenvalue weighted by atomic mass is 10.2. The number of nitrogens with one attached hydrogen (secondary N) is 2. The average molecular weight is 224 g/mol. The molecule has 0 bridgehead atoms. The summed E-state index contributed by atoms with van der Waals surface area (Å²) >= 11 is -2.27. The van der Waals surface area contributed by atoms with Gasteiger partial charge in [-0.05, 0) is 24.3 Å². The molecule has 1 unspecified atom stereocenters. The van der Waals surface area contributed by atoms with Crippen LogP contribution >= 0.6 is 0 Å². The first-order valence-corrected chi connectivity index (χ1v) is 5.58. The Balaban J connectivity index is 2.13. The zero-order chi connectivity index (χ0) is 10.7. The van der Waals surface area contributed by atoms with Gasteiger partial charge in [-0.15, -0.1) is 0 Å². The maximum atomic E-state index is 10.4. The molecule has 1 aromatic rings. The topological polar surface area (TPSA) is 76.5 Å². The summed E-state index contributed by atoms with van der Waals surface area (Å²) < 4.78 is 23.0. The summed E-state index contributed by atoms with van der Waals surface area (Å²) in [5.41, 5.74) is 1.51. The van der Waals surface area contributed by atoms with Gasteiger partial charge in [-0.3, -0.25) is 9.20 Å². The Morgan fingerprint density at radius 3 is 2.67 bits per heavy atom. The van der Waals surface area contributed by atoms with E-state index in [1.807, 2.05) is 12.1 Å². The maximum absolute atomic E-state index is 10.4. The molecule has 0 aliphatic carbocycles. The molecule has 0 radical (unpaired) electrons. The summed E-state index contributed by atoms with van der Waals surface area (Å²) in [6, 6.07) is 7.06. The van der Waals surface area contributed by atoms with Crippen LogP contribution in [0, 0.1) is 0 Å². The predicted octanol–water partition coefficient (Wildman–Crippen LogP) is 0.242. The Morgan fingerprint density at radius 2 is 2.13 bits per heavy atom. The standard InChI is InChI=1S/C9H11N3O2S/c13-15(14)12-8-3-1-7(2-4-8)9-10-5-6-11-9/h1-4,12H,5-6H2,(H,10,11)(H,13,14)/p-1. The van der Waals surface area contributed by atoms with E-state index in [0.29, 0.717) is 5.69 Å². The quantitative estimate of drug-likeness (QED) is 0.722. The van der Waals surface area contributed by atoms with E-state index in [0.717, 1.165) is 24.5 Å². The van der Waals surface area contributed by atoms with E-state index in [9.17, 15) is 8.76 Å². The van der Waals surface area contributed by atoms with Crippen molar-refractivity contribution >= 4 is 22.8 Å². The van der Waals surface area contributed by atoms with Crippen LogP contribution in [0.1, 0.15) is 5.56 Å². The van der Waals surface area contributed by atoms with Gasteiger partial charge >= 0.3 is 0 Å². The lowest BCUT2D eigenvalue weighted by Crippen LogP contribution is -2.19. The van der Waals surface area contributed by atoms with E-state index in [1.165, 1.54) is 0 Å². The van der Waals surface area contributed by atoms with E-state index < -0.39 is 11.3 Å². The first kappa shape index (κ1) is 10.1. The fourth-order valence-electron chi connectivity index (χ4n) is 1.38. The number of aliphatic imine (C=N–C) groups is 1. The van der Waals surface area contributed by atoms with Crippen LogP contribution in [0.4, 0.5) is 5.69 Å². The average Bonchev–Trinajstić information content (AvgIpc) is 2.71. The number of benzene rings is 1. The minimum absolute atomic E-state index is 0.547. The molecule has 0 aromatic heterocycles. The van der Waals surface area contributed by atoms with Gasteiger partial charge in [-0.25, -0.2) is 0 Å². The molecule has 0 fully saturated rings. The van der Waals surface area contributed by atoms with Gasteiger partial charge < -0.3 is 14.6 Å². The number of anilines is 1. The van der Waals surface area contributed by atoms with Gasteiger partial charge in [-0.1, -0.05) is 0 Å². The zero-order valence-corrected chi connectivity index (χ0v) is 8.71. The van der Waals surface area contributed by atoms with E-state index in [4.69, 9.17) is 0 Å². The van der Waals surface area contributed by atoms with Crippen molar-refractivity contribution in [2.75, 3.05) is 17.8 Å². The third-order valence-corrected chi connectivity index (χ3v) is 2.44. The number of nitrogens with zero attached hydrogens (tertiary/aromatic N) is 1. The number of hydrogen-bond acceptors (Lipinski definition) is 4. The van der Waals surface area contributed by atoms with Crippen LogP contribution in [0.15, 0.2) is 29.3 Å². The van der Waals surface area contributed by atoms with Crippen molar-refractivity contribution in [1.29, 1.82) is 0 Å². The van der Waals surface area contributed by atoms with Crippen molar-refractivity contribution in [2.24, 2.45) is 4.99 Å². The molecule has 1 heterocycles. The van der Waals surface area contributed by atoms with Crippen molar-refractivity contribution in [3.05, 3.63) is 29.8 Å². The highest BCUT2D eigenvalue weighted by molar-refractivity contribution is 7.80. The van der Waals surface area contributed by atoms with Crippen LogP contribution in [-0.4, -0.2) is 27.7 Å². The second-order valence-corrected chi connectivity index (χ2v) is 3.74. The van der Waals surface area contributed by atoms with Crippen LogP contribution in [0.5, 0.6) is 0 Å². The summed E-state index contributed by atoms with van der Waals surface area (Å²) in [6.45, 7) is 1.65. The number of hydrogen-bond donors (Lipinski definition) is 2. The molecule has 0 saturated heterocycles. The van der Waals surface area contributed by atoms with E-state index >= 15 is 0 Å². The Bertz CT molecular complexity index is 402. The Labute approximate surface area is 90.0 Å². The predicted molar refractivity (Wildman–Crippen MR) is 58.4 cm³/mol. The molecule has 2 rings (SSSR count). The molecular formula is C9H10N3O2S-. The zero-order valence-electron chi connectivity index (χ0n) is 7.90. The lowest BCUT2D eigenvalue weighted by Gasteiger charge is -2.09. The first-order valence-electron chi connectivity index (χ1n) is 4.50.